The van der Waals surface area contributed by atoms with Gasteiger partial charge in [-0.15, -0.1) is 0 Å². The topological polar surface area (TPSA) is 17.3 Å². The Kier molecular flexibility index (Phi) is 9.09. The van der Waals surface area contributed by atoms with Gasteiger partial charge in [-0.1, -0.05) is 108 Å². The van der Waals surface area contributed by atoms with Crippen LogP contribution in [-0.4, -0.2) is 9.38 Å². The SMILES string of the molecule is CC.CCC(C)c1ccc(-c2ccc(C)cc2C)c2c3ccccc3n3ccnc3c12.CCCC. The van der Waals surface area contributed by atoms with Crippen molar-refractivity contribution >= 4 is 27.3 Å². The smallest absolute Gasteiger partial charge is 0.145 e. The highest BCUT2D eigenvalue weighted by atomic mass is 15.0. The van der Waals surface area contributed by atoms with Crippen LogP contribution in [0.1, 0.15) is 83.4 Å². The fraction of sp³-hybridized carbons (Fsp3) is 0.364. The van der Waals surface area contributed by atoms with Crippen LogP contribution in [0.15, 0.2) is 67.0 Å². The number of imidazole rings is 1. The number of hydrogen-bond acceptors (Lipinski definition) is 1. The molecule has 35 heavy (non-hydrogen) atoms. The number of benzene rings is 3. The van der Waals surface area contributed by atoms with E-state index in [0.717, 1.165) is 12.1 Å². The van der Waals surface area contributed by atoms with Crippen molar-refractivity contribution in [2.45, 2.75) is 80.6 Å². The van der Waals surface area contributed by atoms with Crippen molar-refractivity contribution in [3.63, 3.8) is 0 Å². The lowest BCUT2D eigenvalue weighted by atomic mass is 9.86. The quantitative estimate of drug-likeness (QED) is 0.241. The van der Waals surface area contributed by atoms with Crippen molar-refractivity contribution in [1.29, 1.82) is 0 Å². The number of rotatable bonds is 4. The normalized spacial score (nSPS) is 11.7. The first kappa shape index (κ1) is 26.5. The van der Waals surface area contributed by atoms with E-state index in [-0.39, 0.29) is 0 Å². The number of para-hydroxylation sites is 1. The first-order chi connectivity index (χ1) is 17.0. The van der Waals surface area contributed by atoms with E-state index in [1.54, 1.807) is 0 Å². The summed E-state index contributed by atoms with van der Waals surface area (Å²) in [5.41, 5.74) is 8.86. The molecule has 0 amide bonds. The molecule has 2 heteroatoms. The van der Waals surface area contributed by atoms with Gasteiger partial charge < -0.3 is 0 Å². The van der Waals surface area contributed by atoms with E-state index >= 15 is 0 Å². The summed E-state index contributed by atoms with van der Waals surface area (Å²) in [4.78, 5) is 4.81. The molecule has 3 aromatic carbocycles. The summed E-state index contributed by atoms with van der Waals surface area (Å²) in [7, 11) is 0. The molecule has 0 saturated carbocycles. The van der Waals surface area contributed by atoms with Crippen LogP contribution in [0.3, 0.4) is 0 Å². The highest BCUT2D eigenvalue weighted by Crippen LogP contribution is 2.41. The zero-order valence-corrected chi connectivity index (χ0v) is 22.9. The highest BCUT2D eigenvalue weighted by Gasteiger charge is 2.19. The van der Waals surface area contributed by atoms with Crippen LogP contribution in [-0.2, 0) is 0 Å². The van der Waals surface area contributed by atoms with Gasteiger partial charge in [-0.05, 0) is 54.5 Å². The van der Waals surface area contributed by atoms with Crippen LogP contribution >= 0.6 is 0 Å². The number of aromatic nitrogens is 2. The van der Waals surface area contributed by atoms with Gasteiger partial charge in [0.25, 0.3) is 0 Å². The molecule has 0 N–H and O–H groups in total. The van der Waals surface area contributed by atoms with Crippen LogP contribution in [0.25, 0.3) is 38.4 Å². The average Bonchev–Trinajstić information content (AvgIpc) is 3.39. The van der Waals surface area contributed by atoms with Crippen LogP contribution < -0.4 is 0 Å². The summed E-state index contributed by atoms with van der Waals surface area (Å²) in [6.45, 7) is 17.3. The Morgan fingerprint density at radius 3 is 2.17 bits per heavy atom. The van der Waals surface area contributed by atoms with Gasteiger partial charge in [0, 0.05) is 28.6 Å². The van der Waals surface area contributed by atoms with Crippen LogP contribution in [0.4, 0.5) is 0 Å². The molecule has 0 bridgehead atoms. The van der Waals surface area contributed by atoms with Gasteiger partial charge in [-0.25, -0.2) is 4.98 Å². The predicted molar refractivity (Wildman–Crippen MR) is 156 cm³/mol. The molecule has 0 radical (unpaired) electrons. The van der Waals surface area contributed by atoms with Crippen molar-refractivity contribution in [3.05, 3.63) is 83.7 Å². The van der Waals surface area contributed by atoms with E-state index < -0.39 is 0 Å². The molecule has 184 valence electrons. The maximum absolute atomic E-state index is 4.81. The Hall–Kier alpha value is -3.13. The third kappa shape index (κ3) is 5.12. The number of fused-ring (bicyclic) bond motifs is 6. The van der Waals surface area contributed by atoms with E-state index in [2.05, 4.69) is 107 Å². The Balaban J connectivity index is 0.000000521. The minimum atomic E-state index is 0.479. The van der Waals surface area contributed by atoms with Gasteiger partial charge in [0.15, 0.2) is 0 Å². The zero-order chi connectivity index (χ0) is 25.5. The summed E-state index contributed by atoms with van der Waals surface area (Å²) in [5.74, 6) is 0.479. The minimum absolute atomic E-state index is 0.479. The second kappa shape index (κ2) is 12.0. The maximum atomic E-state index is 4.81. The standard InChI is InChI=1S/C27H26N2.C4H10.C2H6/c1-5-18(3)21-12-13-22(20-11-10-17(2)16-19(20)4)25-23-8-6-7-9-24(23)29-15-14-28-27(29)26(21)25;1-3-4-2;1-2/h6-16,18H,5H2,1-4H3;3-4H2,1-2H3;1-2H3. The molecule has 1 unspecified atom stereocenters. The maximum Gasteiger partial charge on any atom is 0.145 e. The first-order valence-electron chi connectivity index (χ1n) is 13.4. The lowest BCUT2D eigenvalue weighted by Gasteiger charge is -2.20. The molecule has 0 saturated heterocycles. The first-order valence-corrected chi connectivity index (χ1v) is 13.4. The lowest BCUT2D eigenvalue weighted by molar-refractivity contribution is 0.740. The average molecular weight is 467 g/mol. The summed E-state index contributed by atoms with van der Waals surface area (Å²) in [6.07, 6.45) is 7.75. The van der Waals surface area contributed by atoms with Crippen molar-refractivity contribution in [2.24, 2.45) is 0 Å². The third-order valence-electron chi connectivity index (χ3n) is 6.85. The summed E-state index contributed by atoms with van der Waals surface area (Å²) >= 11 is 0. The van der Waals surface area contributed by atoms with E-state index in [0.29, 0.717) is 5.92 Å². The second-order valence-corrected chi connectivity index (χ2v) is 9.22. The summed E-state index contributed by atoms with van der Waals surface area (Å²) < 4.78 is 2.25. The van der Waals surface area contributed by atoms with Crippen molar-refractivity contribution < 1.29 is 0 Å². The minimum Gasteiger partial charge on any atom is -0.299 e. The van der Waals surface area contributed by atoms with E-state index in [4.69, 9.17) is 4.98 Å². The van der Waals surface area contributed by atoms with Crippen molar-refractivity contribution in [2.75, 3.05) is 0 Å². The Bertz CT molecular complexity index is 1410. The largest absolute Gasteiger partial charge is 0.299 e. The summed E-state index contributed by atoms with van der Waals surface area (Å²) in [5, 5.41) is 3.90. The molecule has 5 aromatic rings. The molecule has 0 aliphatic carbocycles. The number of pyridine rings is 1. The predicted octanol–water partition coefficient (Wildman–Crippen LogP) is 10.3. The fourth-order valence-corrected chi connectivity index (χ4v) is 4.69. The Morgan fingerprint density at radius 1 is 0.829 bits per heavy atom. The molecule has 0 fully saturated rings. The summed E-state index contributed by atoms with van der Waals surface area (Å²) in [6, 6.07) is 20.1. The molecule has 5 rings (SSSR count). The molecular formula is C33H42N2. The highest BCUT2D eigenvalue weighted by molar-refractivity contribution is 6.19. The van der Waals surface area contributed by atoms with Crippen LogP contribution in [0.2, 0.25) is 0 Å². The van der Waals surface area contributed by atoms with Gasteiger partial charge in [-0.2, -0.15) is 0 Å². The molecule has 2 aromatic heterocycles. The van der Waals surface area contributed by atoms with Gasteiger partial charge in [0.2, 0.25) is 0 Å². The van der Waals surface area contributed by atoms with Gasteiger partial charge in [0.1, 0.15) is 5.65 Å². The Morgan fingerprint density at radius 2 is 1.51 bits per heavy atom. The zero-order valence-electron chi connectivity index (χ0n) is 22.9. The van der Waals surface area contributed by atoms with Gasteiger partial charge >= 0.3 is 0 Å². The number of unbranched alkanes of at least 4 members (excludes halogenated alkanes) is 1. The molecule has 0 aliphatic heterocycles. The molecule has 1 atom stereocenters. The van der Waals surface area contributed by atoms with Gasteiger partial charge in [-0.3, -0.25) is 4.40 Å². The van der Waals surface area contributed by atoms with Crippen molar-refractivity contribution in [3.8, 4) is 11.1 Å². The van der Waals surface area contributed by atoms with Crippen molar-refractivity contribution in [1.82, 2.24) is 9.38 Å². The molecule has 2 nitrogen and oxygen atoms in total. The number of hydrogen-bond donors (Lipinski definition) is 0. The van der Waals surface area contributed by atoms with Crippen LogP contribution in [0, 0.1) is 13.8 Å². The Labute approximate surface area is 212 Å². The molecular weight excluding hydrogens is 424 g/mol. The van der Waals surface area contributed by atoms with Crippen LogP contribution in [0.5, 0.6) is 0 Å². The molecule has 0 spiro atoms. The van der Waals surface area contributed by atoms with E-state index in [1.807, 2.05) is 20.0 Å². The molecule has 0 aliphatic rings. The fourth-order valence-electron chi connectivity index (χ4n) is 4.69. The third-order valence-corrected chi connectivity index (χ3v) is 6.85. The van der Waals surface area contributed by atoms with E-state index in [9.17, 15) is 0 Å². The lowest BCUT2D eigenvalue weighted by Crippen LogP contribution is -1.99. The number of aryl methyl sites for hydroxylation is 2. The monoisotopic (exact) mass is 466 g/mol. The second-order valence-electron chi connectivity index (χ2n) is 9.22. The molecule has 2 heterocycles. The number of nitrogens with zero attached hydrogens (tertiary/aromatic N) is 2. The van der Waals surface area contributed by atoms with E-state index in [1.165, 1.54) is 62.3 Å². The van der Waals surface area contributed by atoms with Gasteiger partial charge in [0.05, 0.1) is 5.52 Å².